The lowest BCUT2D eigenvalue weighted by Gasteiger charge is -2.28. The molecule has 2 aliphatic heterocycles. The number of amides is 1. The van der Waals surface area contributed by atoms with Gasteiger partial charge >= 0.3 is 0 Å². The average molecular weight is 251 g/mol. The highest BCUT2D eigenvalue weighted by molar-refractivity contribution is 7.11. The highest BCUT2D eigenvalue weighted by atomic mass is 32.1. The SMILES string of the molecule is Cc1nc(C2(N)CC(=O)N3CCCC32)sc1C. The number of carbonyl (C=O) groups excluding carboxylic acids is 1. The summed E-state index contributed by atoms with van der Waals surface area (Å²) in [6, 6.07) is 0.167. The molecule has 92 valence electrons. The van der Waals surface area contributed by atoms with Crippen LogP contribution in [-0.2, 0) is 10.3 Å². The molecule has 0 bridgehead atoms. The monoisotopic (exact) mass is 251 g/mol. The van der Waals surface area contributed by atoms with E-state index in [0.717, 1.165) is 30.1 Å². The molecule has 2 N–H and O–H groups in total. The Kier molecular flexibility index (Phi) is 2.32. The van der Waals surface area contributed by atoms with Gasteiger partial charge in [-0.25, -0.2) is 4.98 Å². The Labute approximate surface area is 105 Å². The molecule has 0 spiro atoms. The van der Waals surface area contributed by atoms with Crippen molar-refractivity contribution in [3.63, 3.8) is 0 Å². The molecule has 2 fully saturated rings. The number of fused-ring (bicyclic) bond motifs is 1. The van der Waals surface area contributed by atoms with Crippen LogP contribution in [0.2, 0.25) is 0 Å². The number of hydrogen-bond donors (Lipinski definition) is 1. The zero-order valence-corrected chi connectivity index (χ0v) is 11.0. The van der Waals surface area contributed by atoms with Crippen LogP contribution in [0.1, 0.15) is 34.8 Å². The maximum Gasteiger partial charge on any atom is 0.225 e. The Morgan fingerprint density at radius 3 is 2.94 bits per heavy atom. The minimum absolute atomic E-state index is 0.167. The molecule has 1 amide bonds. The Morgan fingerprint density at radius 1 is 1.53 bits per heavy atom. The van der Waals surface area contributed by atoms with Crippen LogP contribution in [0.15, 0.2) is 0 Å². The van der Waals surface area contributed by atoms with Crippen LogP contribution < -0.4 is 5.73 Å². The maximum absolute atomic E-state index is 12.0. The van der Waals surface area contributed by atoms with Crippen LogP contribution in [0.4, 0.5) is 0 Å². The standard InChI is InChI=1S/C12H17N3OS/c1-7-8(2)17-11(14-7)12(13)6-10(16)15-5-3-4-9(12)15/h9H,3-6,13H2,1-2H3. The van der Waals surface area contributed by atoms with E-state index in [2.05, 4.69) is 11.9 Å². The number of rotatable bonds is 1. The minimum Gasteiger partial charge on any atom is -0.337 e. The number of carbonyl (C=O) groups is 1. The smallest absolute Gasteiger partial charge is 0.225 e. The second-order valence-electron chi connectivity index (χ2n) is 5.12. The fourth-order valence-electron chi connectivity index (χ4n) is 2.96. The van der Waals surface area contributed by atoms with E-state index in [0.29, 0.717) is 6.42 Å². The van der Waals surface area contributed by atoms with Crippen molar-refractivity contribution in [1.82, 2.24) is 9.88 Å². The molecule has 0 saturated carbocycles. The van der Waals surface area contributed by atoms with Gasteiger partial charge in [-0.2, -0.15) is 0 Å². The largest absolute Gasteiger partial charge is 0.337 e. The molecular weight excluding hydrogens is 234 g/mol. The molecule has 5 heteroatoms. The van der Waals surface area contributed by atoms with Crippen LogP contribution in [0.25, 0.3) is 0 Å². The first-order valence-electron chi connectivity index (χ1n) is 6.05. The summed E-state index contributed by atoms with van der Waals surface area (Å²) >= 11 is 1.65. The zero-order chi connectivity index (χ0) is 12.2. The third-order valence-electron chi connectivity index (χ3n) is 4.04. The Morgan fingerprint density at radius 2 is 2.29 bits per heavy atom. The van der Waals surface area contributed by atoms with Gasteiger partial charge in [0.15, 0.2) is 0 Å². The van der Waals surface area contributed by atoms with Crippen molar-refractivity contribution >= 4 is 17.2 Å². The lowest BCUT2D eigenvalue weighted by atomic mass is 9.90. The third-order valence-corrected chi connectivity index (χ3v) is 5.30. The number of thiazole rings is 1. The number of nitrogens with two attached hydrogens (primary N) is 1. The number of aryl methyl sites for hydroxylation is 2. The molecule has 0 aromatic carbocycles. The van der Waals surface area contributed by atoms with Gasteiger partial charge < -0.3 is 10.6 Å². The van der Waals surface area contributed by atoms with Gasteiger partial charge in [0.05, 0.1) is 23.7 Å². The van der Waals surface area contributed by atoms with Gasteiger partial charge in [0, 0.05) is 11.4 Å². The van der Waals surface area contributed by atoms with E-state index in [-0.39, 0.29) is 11.9 Å². The van der Waals surface area contributed by atoms with E-state index < -0.39 is 5.54 Å². The second-order valence-corrected chi connectivity index (χ2v) is 6.33. The first kappa shape index (κ1) is 11.2. The van der Waals surface area contributed by atoms with Gasteiger partial charge in [-0.15, -0.1) is 11.3 Å². The van der Waals surface area contributed by atoms with E-state index >= 15 is 0 Å². The highest BCUT2D eigenvalue weighted by Gasteiger charge is 2.53. The molecular formula is C12H17N3OS. The fourth-order valence-corrected chi connectivity index (χ4v) is 4.02. The van der Waals surface area contributed by atoms with Crippen molar-refractivity contribution in [2.75, 3.05) is 6.54 Å². The van der Waals surface area contributed by atoms with Crippen molar-refractivity contribution in [1.29, 1.82) is 0 Å². The first-order chi connectivity index (χ1) is 8.02. The summed E-state index contributed by atoms with van der Waals surface area (Å²) in [4.78, 5) is 19.7. The van der Waals surface area contributed by atoms with Crippen LogP contribution >= 0.6 is 11.3 Å². The van der Waals surface area contributed by atoms with E-state index in [1.54, 1.807) is 11.3 Å². The third kappa shape index (κ3) is 1.45. The summed E-state index contributed by atoms with van der Waals surface area (Å²) in [5, 5.41) is 0.940. The van der Waals surface area contributed by atoms with Crippen LogP contribution in [0.3, 0.4) is 0 Å². The normalized spacial score (nSPS) is 32.3. The van der Waals surface area contributed by atoms with Gasteiger partial charge in [0.25, 0.3) is 0 Å². The highest BCUT2D eigenvalue weighted by Crippen LogP contribution is 2.43. The van der Waals surface area contributed by atoms with Crippen LogP contribution in [-0.4, -0.2) is 28.4 Å². The summed E-state index contributed by atoms with van der Waals surface area (Å²) in [7, 11) is 0. The second kappa shape index (κ2) is 3.53. The van der Waals surface area contributed by atoms with Gasteiger partial charge in [0.1, 0.15) is 5.01 Å². The van der Waals surface area contributed by atoms with E-state index in [1.807, 2.05) is 11.8 Å². The molecule has 0 aliphatic carbocycles. The maximum atomic E-state index is 12.0. The molecule has 2 unspecified atom stereocenters. The lowest BCUT2D eigenvalue weighted by molar-refractivity contribution is -0.127. The quantitative estimate of drug-likeness (QED) is 0.818. The predicted octanol–water partition coefficient (Wildman–Crippen LogP) is 1.31. The Balaban J connectivity index is 2.03. The predicted molar refractivity (Wildman–Crippen MR) is 66.8 cm³/mol. The summed E-state index contributed by atoms with van der Waals surface area (Å²) in [5.74, 6) is 0.195. The first-order valence-corrected chi connectivity index (χ1v) is 6.87. The fraction of sp³-hybridized carbons (Fsp3) is 0.667. The molecule has 1 aromatic heterocycles. The molecule has 0 radical (unpaired) electrons. The van der Waals surface area contributed by atoms with Crippen molar-refractivity contribution < 1.29 is 4.79 Å². The summed E-state index contributed by atoms with van der Waals surface area (Å²) < 4.78 is 0. The van der Waals surface area contributed by atoms with Crippen LogP contribution in [0.5, 0.6) is 0 Å². The van der Waals surface area contributed by atoms with Gasteiger partial charge in [-0.3, -0.25) is 4.79 Å². The topological polar surface area (TPSA) is 59.2 Å². The summed E-state index contributed by atoms with van der Waals surface area (Å²) in [6.45, 7) is 4.93. The van der Waals surface area contributed by atoms with Crippen molar-refractivity contribution in [3.05, 3.63) is 15.6 Å². The Hall–Kier alpha value is -0.940. The molecule has 2 saturated heterocycles. The molecule has 3 rings (SSSR count). The average Bonchev–Trinajstić information content (AvgIpc) is 2.90. The van der Waals surface area contributed by atoms with Crippen molar-refractivity contribution in [2.45, 2.75) is 44.7 Å². The molecule has 4 nitrogen and oxygen atoms in total. The van der Waals surface area contributed by atoms with E-state index in [9.17, 15) is 4.79 Å². The molecule has 2 aliphatic rings. The van der Waals surface area contributed by atoms with Gasteiger partial charge in [0.2, 0.25) is 5.91 Å². The summed E-state index contributed by atoms with van der Waals surface area (Å²) in [6.07, 6.45) is 2.50. The number of aromatic nitrogens is 1. The van der Waals surface area contributed by atoms with Crippen molar-refractivity contribution in [2.24, 2.45) is 5.73 Å². The molecule has 1 aromatic rings. The lowest BCUT2D eigenvalue weighted by Crippen LogP contribution is -2.46. The van der Waals surface area contributed by atoms with Crippen molar-refractivity contribution in [3.8, 4) is 0 Å². The van der Waals surface area contributed by atoms with Gasteiger partial charge in [-0.05, 0) is 26.7 Å². The molecule has 17 heavy (non-hydrogen) atoms. The Bertz CT molecular complexity index is 465. The minimum atomic E-state index is -0.544. The van der Waals surface area contributed by atoms with Crippen LogP contribution in [0, 0.1) is 13.8 Å². The van der Waals surface area contributed by atoms with E-state index in [1.165, 1.54) is 4.88 Å². The number of nitrogens with zero attached hydrogens (tertiary/aromatic N) is 2. The zero-order valence-electron chi connectivity index (χ0n) is 10.2. The van der Waals surface area contributed by atoms with Gasteiger partial charge in [-0.1, -0.05) is 0 Å². The van der Waals surface area contributed by atoms with E-state index in [4.69, 9.17) is 5.73 Å². The number of hydrogen-bond acceptors (Lipinski definition) is 4. The molecule has 2 atom stereocenters. The summed E-state index contributed by atoms with van der Waals surface area (Å²) in [5.41, 5.74) is 7.02. The molecule has 3 heterocycles.